The molecule has 1 N–H and O–H groups in total. The summed E-state index contributed by atoms with van der Waals surface area (Å²) in [6, 6.07) is 14.8. The van der Waals surface area contributed by atoms with E-state index in [2.05, 4.69) is 68.4 Å². The number of rotatable bonds is 5. The average Bonchev–Trinajstić information content (AvgIpc) is 2.41. The molecule has 0 radical (unpaired) electrons. The topological polar surface area (TPSA) is 12.0 Å². The molecule has 1 atom stereocenters. The molecule has 0 amide bonds. The Hall–Kier alpha value is -0.350. The Bertz CT molecular complexity index is 586. The van der Waals surface area contributed by atoms with Crippen LogP contribution in [0.3, 0.4) is 0 Å². The van der Waals surface area contributed by atoms with Crippen molar-refractivity contribution in [3.8, 4) is 0 Å². The Morgan fingerprint density at radius 2 is 1.95 bits per heavy atom. The standard InChI is InChI=1S/C16H16Br2ClN/c1-2-20-16(9-11-4-3-5-13(17)8-11)12-6-7-14(18)15(19)10-12/h3-8,10,16,20H,2,9H2,1H3. The van der Waals surface area contributed by atoms with Crippen LogP contribution in [0.5, 0.6) is 0 Å². The summed E-state index contributed by atoms with van der Waals surface area (Å²) in [5.74, 6) is 0. The zero-order valence-electron chi connectivity index (χ0n) is 11.2. The highest BCUT2D eigenvalue weighted by Gasteiger charge is 2.12. The quantitative estimate of drug-likeness (QED) is 0.652. The smallest absolute Gasteiger partial charge is 0.0551 e. The Kier molecular flexibility index (Phi) is 6.09. The maximum absolute atomic E-state index is 6.20. The van der Waals surface area contributed by atoms with Crippen molar-refractivity contribution in [2.24, 2.45) is 0 Å². The van der Waals surface area contributed by atoms with Crippen molar-refractivity contribution in [2.75, 3.05) is 6.54 Å². The molecule has 20 heavy (non-hydrogen) atoms. The van der Waals surface area contributed by atoms with Gasteiger partial charge >= 0.3 is 0 Å². The van der Waals surface area contributed by atoms with Gasteiger partial charge in [0.2, 0.25) is 0 Å². The van der Waals surface area contributed by atoms with E-state index in [1.807, 2.05) is 18.2 Å². The third-order valence-corrected chi connectivity index (χ3v) is 4.85. The van der Waals surface area contributed by atoms with Gasteiger partial charge < -0.3 is 5.32 Å². The lowest BCUT2D eigenvalue weighted by atomic mass is 9.99. The minimum absolute atomic E-state index is 0.264. The van der Waals surface area contributed by atoms with Gasteiger partial charge in [0.25, 0.3) is 0 Å². The fourth-order valence-electron chi connectivity index (χ4n) is 2.18. The Morgan fingerprint density at radius 1 is 1.15 bits per heavy atom. The molecular weight excluding hydrogens is 401 g/mol. The first-order valence-electron chi connectivity index (χ1n) is 6.53. The molecule has 1 nitrogen and oxygen atoms in total. The Labute approximate surface area is 142 Å². The summed E-state index contributed by atoms with van der Waals surface area (Å²) in [7, 11) is 0. The molecule has 0 heterocycles. The van der Waals surface area contributed by atoms with E-state index in [0.29, 0.717) is 0 Å². The van der Waals surface area contributed by atoms with Crippen molar-refractivity contribution in [3.05, 3.63) is 67.6 Å². The lowest BCUT2D eigenvalue weighted by Gasteiger charge is -2.19. The molecule has 0 spiro atoms. The van der Waals surface area contributed by atoms with Crippen molar-refractivity contribution in [2.45, 2.75) is 19.4 Å². The van der Waals surface area contributed by atoms with Crippen molar-refractivity contribution in [3.63, 3.8) is 0 Å². The van der Waals surface area contributed by atoms with E-state index < -0.39 is 0 Å². The van der Waals surface area contributed by atoms with Gasteiger partial charge in [-0.25, -0.2) is 0 Å². The normalized spacial score (nSPS) is 12.4. The molecule has 4 heteroatoms. The van der Waals surface area contributed by atoms with Crippen LogP contribution in [0.4, 0.5) is 0 Å². The van der Waals surface area contributed by atoms with Crippen LogP contribution >= 0.6 is 43.5 Å². The van der Waals surface area contributed by atoms with Gasteiger partial charge in [-0.05, 0) is 64.3 Å². The van der Waals surface area contributed by atoms with Gasteiger partial charge in [0.15, 0.2) is 0 Å². The maximum atomic E-state index is 6.20. The number of halogens is 3. The van der Waals surface area contributed by atoms with E-state index in [9.17, 15) is 0 Å². The number of nitrogens with one attached hydrogen (secondary N) is 1. The average molecular weight is 418 g/mol. The summed E-state index contributed by atoms with van der Waals surface area (Å²) < 4.78 is 2.04. The minimum Gasteiger partial charge on any atom is -0.310 e. The zero-order valence-corrected chi connectivity index (χ0v) is 15.1. The molecule has 2 aromatic rings. The highest BCUT2D eigenvalue weighted by atomic mass is 79.9. The van der Waals surface area contributed by atoms with Crippen molar-refractivity contribution in [1.82, 2.24) is 5.32 Å². The lowest BCUT2D eigenvalue weighted by Crippen LogP contribution is -2.23. The summed E-state index contributed by atoms with van der Waals surface area (Å²) in [6.45, 7) is 3.04. The SMILES string of the molecule is CCNC(Cc1cccc(Br)c1)c1ccc(Br)c(Cl)c1. The van der Waals surface area contributed by atoms with Crippen LogP contribution in [-0.2, 0) is 6.42 Å². The third kappa shape index (κ3) is 4.32. The van der Waals surface area contributed by atoms with E-state index in [-0.39, 0.29) is 6.04 Å². The monoisotopic (exact) mass is 415 g/mol. The van der Waals surface area contributed by atoms with Gasteiger partial charge in [-0.1, -0.05) is 52.7 Å². The van der Waals surface area contributed by atoms with E-state index in [1.165, 1.54) is 11.1 Å². The lowest BCUT2D eigenvalue weighted by molar-refractivity contribution is 0.550. The predicted molar refractivity (Wildman–Crippen MR) is 93.4 cm³/mol. The zero-order chi connectivity index (χ0) is 14.5. The summed E-state index contributed by atoms with van der Waals surface area (Å²) in [5.41, 5.74) is 2.50. The molecule has 0 aliphatic carbocycles. The van der Waals surface area contributed by atoms with Crippen molar-refractivity contribution < 1.29 is 0 Å². The highest BCUT2D eigenvalue weighted by Crippen LogP contribution is 2.28. The first kappa shape index (κ1) is 16.0. The summed E-state index contributed by atoms with van der Waals surface area (Å²) in [6.07, 6.45) is 0.936. The molecule has 0 aliphatic heterocycles. The molecule has 0 aromatic heterocycles. The van der Waals surface area contributed by atoms with Crippen LogP contribution in [0.15, 0.2) is 51.4 Å². The molecule has 0 bridgehead atoms. The molecule has 0 saturated carbocycles. The third-order valence-electron chi connectivity index (χ3n) is 3.13. The van der Waals surface area contributed by atoms with E-state index in [4.69, 9.17) is 11.6 Å². The molecule has 0 fully saturated rings. The van der Waals surface area contributed by atoms with Crippen LogP contribution in [0.1, 0.15) is 24.1 Å². The van der Waals surface area contributed by atoms with Gasteiger partial charge in [-0.15, -0.1) is 0 Å². The Morgan fingerprint density at radius 3 is 2.60 bits per heavy atom. The van der Waals surface area contributed by atoms with Crippen LogP contribution in [0.25, 0.3) is 0 Å². The number of likely N-dealkylation sites (N-methyl/N-ethyl adjacent to an activating group) is 1. The van der Waals surface area contributed by atoms with Crippen LogP contribution < -0.4 is 5.32 Å². The van der Waals surface area contributed by atoms with E-state index in [1.54, 1.807) is 0 Å². The molecule has 106 valence electrons. The summed E-state index contributed by atoms with van der Waals surface area (Å²) in [5, 5.41) is 4.27. The maximum Gasteiger partial charge on any atom is 0.0551 e. The number of benzene rings is 2. The largest absolute Gasteiger partial charge is 0.310 e. The molecular formula is C16H16Br2ClN. The van der Waals surface area contributed by atoms with Crippen LogP contribution in [-0.4, -0.2) is 6.54 Å². The van der Waals surface area contributed by atoms with Crippen LogP contribution in [0.2, 0.25) is 5.02 Å². The molecule has 0 saturated heterocycles. The summed E-state index contributed by atoms with van der Waals surface area (Å²) >= 11 is 13.2. The summed E-state index contributed by atoms with van der Waals surface area (Å²) in [4.78, 5) is 0. The second-order valence-corrected chi connectivity index (χ2v) is 6.80. The first-order chi connectivity index (χ1) is 9.60. The van der Waals surface area contributed by atoms with Gasteiger partial charge in [-0.3, -0.25) is 0 Å². The van der Waals surface area contributed by atoms with Crippen LogP contribution in [0, 0.1) is 0 Å². The van der Waals surface area contributed by atoms with Crippen molar-refractivity contribution in [1.29, 1.82) is 0 Å². The fourth-order valence-corrected chi connectivity index (χ4v) is 3.07. The molecule has 0 aliphatic rings. The first-order valence-corrected chi connectivity index (χ1v) is 8.49. The Balaban J connectivity index is 2.24. The van der Waals surface area contributed by atoms with Gasteiger partial charge in [0, 0.05) is 15.0 Å². The fraction of sp³-hybridized carbons (Fsp3) is 0.250. The molecule has 1 unspecified atom stereocenters. The second kappa shape index (κ2) is 7.60. The van der Waals surface area contributed by atoms with Crippen molar-refractivity contribution >= 4 is 43.5 Å². The van der Waals surface area contributed by atoms with E-state index in [0.717, 1.165) is 26.9 Å². The van der Waals surface area contributed by atoms with Gasteiger partial charge in [0.05, 0.1) is 5.02 Å². The minimum atomic E-state index is 0.264. The van der Waals surface area contributed by atoms with Gasteiger partial charge in [0.1, 0.15) is 0 Å². The van der Waals surface area contributed by atoms with E-state index >= 15 is 0 Å². The van der Waals surface area contributed by atoms with Gasteiger partial charge in [-0.2, -0.15) is 0 Å². The molecule has 2 rings (SSSR count). The highest BCUT2D eigenvalue weighted by molar-refractivity contribution is 9.10. The second-order valence-electron chi connectivity index (χ2n) is 4.62. The molecule has 2 aromatic carbocycles. The predicted octanol–water partition coefficient (Wildman–Crippen LogP) is 5.76. The number of hydrogen-bond donors (Lipinski definition) is 1. The number of hydrogen-bond acceptors (Lipinski definition) is 1.